The zero-order valence-electron chi connectivity index (χ0n) is 35.5. The summed E-state index contributed by atoms with van der Waals surface area (Å²) >= 11 is 0. The zero-order valence-corrected chi connectivity index (χ0v) is 34.7. The van der Waals surface area contributed by atoms with Crippen LogP contribution in [0.15, 0.2) is 146 Å². The molecule has 0 spiro atoms. The van der Waals surface area contributed by atoms with Crippen molar-refractivity contribution < 1.29 is 30.3 Å². The zero-order chi connectivity index (χ0) is 41.0. The van der Waals surface area contributed by atoms with Gasteiger partial charge in [0.2, 0.25) is 0 Å². The number of aromatic hydroxyl groups is 1. The number of nitrogens with zero attached hydrogens (tertiary/aromatic N) is 3. The number of pyridine rings is 1. The minimum atomic E-state index is -2.16. The number of imidazole rings is 1. The van der Waals surface area contributed by atoms with Crippen molar-refractivity contribution in [2.45, 2.75) is 59.2 Å². The number of phenols is 1. The molecule has 8 aromatic rings. The van der Waals surface area contributed by atoms with Gasteiger partial charge < -0.3 is 5.11 Å². The van der Waals surface area contributed by atoms with Gasteiger partial charge >= 0.3 is 0 Å². The van der Waals surface area contributed by atoms with E-state index in [4.69, 9.17) is 14.1 Å². The average molecular weight is 915 g/mol. The normalized spacial score (nSPS) is 12.8. The molecule has 56 heavy (non-hydrogen) atoms. The Bertz CT molecular complexity index is 2800. The predicted molar refractivity (Wildman–Crippen MR) is 229 cm³/mol. The number of aryl methyl sites for hydroxylation is 1. The summed E-state index contributed by atoms with van der Waals surface area (Å²) in [6.07, 6.45) is 1.79. The van der Waals surface area contributed by atoms with Crippen molar-refractivity contribution in [2.24, 2.45) is 0 Å². The third-order valence-corrected chi connectivity index (χ3v) is 10.3. The molecular weight excluding hydrogens is 866 g/mol. The van der Waals surface area contributed by atoms with Crippen LogP contribution in [0.1, 0.15) is 62.3 Å². The third kappa shape index (κ3) is 7.64. The molecule has 0 saturated carbocycles. The predicted octanol–water partition coefficient (Wildman–Crippen LogP) is 13.2. The number of para-hydroxylation sites is 2. The topological polar surface area (TPSA) is 50.9 Å². The van der Waals surface area contributed by atoms with Gasteiger partial charge in [0, 0.05) is 42.8 Å². The van der Waals surface area contributed by atoms with Gasteiger partial charge in [0.1, 0.15) is 11.6 Å². The van der Waals surface area contributed by atoms with E-state index in [-0.39, 0.29) is 37.6 Å². The summed E-state index contributed by atoms with van der Waals surface area (Å²) < 4.78 is 25.5. The van der Waals surface area contributed by atoms with Gasteiger partial charge in [-0.25, -0.2) is 4.98 Å². The molecule has 282 valence electrons. The Hall–Kier alpha value is -5.57. The molecule has 0 fully saturated rings. The van der Waals surface area contributed by atoms with Crippen molar-refractivity contribution in [2.75, 3.05) is 0 Å². The number of hydrogen-bond acceptors (Lipinski definition) is 3. The van der Waals surface area contributed by atoms with E-state index >= 15 is 0 Å². The summed E-state index contributed by atoms with van der Waals surface area (Å²) in [5.41, 5.74) is 13.0. The van der Waals surface area contributed by atoms with Crippen LogP contribution in [0.4, 0.5) is 0 Å². The van der Waals surface area contributed by atoms with Gasteiger partial charge in [0.15, 0.2) is 0 Å². The smallest absolute Gasteiger partial charge is 0.148 e. The number of rotatable bonds is 6. The first-order valence-electron chi connectivity index (χ1n) is 20.2. The molecular formula is C51H46N3OPt-. The van der Waals surface area contributed by atoms with Gasteiger partial charge in [0.25, 0.3) is 0 Å². The van der Waals surface area contributed by atoms with Gasteiger partial charge in [-0.2, -0.15) is 0 Å². The second kappa shape index (κ2) is 15.2. The molecule has 0 aliphatic heterocycles. The van der Waals surface area contributed by atoms with Crippen LogP contribution in [0.3, 0.4) is 0 Å². The number of phenolic OH excluding ortho intramolecular Hbond substituents is 1. The van der Waals surface area contributed by atoms with E-state index in [0.29, 0.717) is 17.0 Å². The Labute approximate surface area is 349 Å². The molecule has 0 atom stereocenters. The molecule has 4 nitrogen and oxygen atoms in total. The summed E-state index contributed by atoms with van der Waals surface area (Å²) in [6, 6.07) is 49.9. The van der Waals surface area contributed by atoms with Crippen molar-refractivity contribution in [3.63, 3.8) is 0 Å². The molecule has 2 aromatic heterocycles. The van der Waals surface area contributed by atoms with Crippen molar-refractivity contribution in [3.05, 3.63) is 168 Å². The molecule has 8 rings (SSSR count). The van der Waals surface area contributed by atoms with Gasteiger partial charge in [-0.15, -0.1) is 29.3 Å². The number of fused-ring (bicyclic) bond motifs is 1. The Morgan fingerprint density at radius 3 is 1.98 bits per heavy atom. The number of hydrogen-bond donors (Lipinski definition) is 1. The molecule has 0 amide bonds. The Kier molecular flexibility index (Phi) is 9.45. The fourth-order valence-electron chi connectivity index (χ4n) is 7.10. The molecule has 0 aliphatic rings. The second-order valence-corrected chi connectivity index (χ2v) is 16.3. The van der Waals surface area contributed by atoms with E-state index in [9.17, 15) is 5.11 Å². The van der Waals surface area contributed by atoms with Gasteiger partial charge in [-0.3, -0.25) is 9.55 Å². The van der Waals surface area contributed by atoms with E-state index in [2.05, 4.69) is 125 Å². The first-order chi connectivity index (χ1) is 27.5. The van der Waals surface area contributed by atoms with Crippen LogP contribution in [0.5, 0.6) is 5.75 Å². The SMILES string of the molecule is [2H]C([2H])([2H])c1ccc(-c2ccnc(-c3[c-]c(-c4cccc5c4nc(-c4ccccc4O)n5-c4cc(-c5ccccc5)cc(C(C)(C)C)c4)cc(C(C)(C)C)c3)c2)cc1.[Pt]. The van der Waals surface area contributed by atoms with E-state index in [0.717, 1.165) is 66.9 Å². The van der Waals surface area contributed by atoms with E-state index in [1.54, 1.807) is 24.4 Å². The minimum absolute atomic E-state index is 0. The van der Waals surface area contributed by atoms with E-state index in [1.165, 1.54) is 5.56 Å². The molecule has 0 radical (unpaired) electrons. The molecule has 2 heterocycles. The largest absolute Gasteiger partial charge is 0.507 e. The van der Waals surface area contributed by atoms with E-state index < -0.39 is 6.85 Å². The second-order valence-electron chi connectivity index (χ2n) is 16.3. The number of benzene rings is 6. The first kappa shape index (κ1) is 34.9. The maximum atomic E-state index is 11.3. The molecule has 0 unspecified atom stereocenters. The molecule has 0 aliphatic carbocycles. The summed E-state index contributed by atoms with van der Waals surface area (Å²) in [5.74, 6) is 0.787. The van der Waals surface area contributed by atoms with Crippen molar-refractivity contribution in [3.8, 4) is 67.5 Å². The van der Waals surface area contributed by atoms with Crippen LogP contribution in [0, 0.1) is 12.9 Å². The first-order valence-corrected chi connectivity index (χ1v) is 18.7. The average Bonchev–Trinajstić information content (AvgIpc) is 3.60. The molecule has 0 saturated heterocycles. The van der Waals surface area contributed by atoms with Crippen LogP contribution >= 0.6 is 0 Å². The molecule has 0 bridgehead atoms. The summed E-state index contributed by atoms with van der Waals surface area (Å²) in [7, 11) is 0. The number of aromatic nitrogens is 3. The Balaban J connectivity index is 0.00000528. The maximum Gasteiger partial charge on any atom is 0.148 e. The fourth-order valence-corrected chi connectivity index (χ4v) is 7.10. The van der Waals surface area contributed by atoms with Crippen molar-refractivity contribution >= 4 is 11.0 Å². The fraction of sp³-hybridized carbons (Fsp3) is 0.176. The molecule has 5 heteroatoms. The van der Waals surface area contributed by atoms with Crippen LogP contribution in [-0.2, 0) is 31.9 Å². The van der Waals surface area contributed by atoms with Crippen LogP contribution < -0.4 is 0 Å². The third-order valence-electron chi connectivity index (χ3n) is 10.3. The van der Waals surface area contributed by atoms with Gasteiger partial charge in [-0.05, 0) is 81.9 Å². The minimum Gasteiger partial charge on any atom is -0.507 e. The van der Waals surface area contributed by atoms with Gasteiger partial charge in [-0.1, -0.05) is 149 Å². The van der Waals surface area contributed by atoms with Crippen LogP contribution in [-0.4, -0.2) is 19.6 Å². The Morgan fingerprint density at radius 1 is 0.607 bits per heavy atom. The standard InChI is InChI=1S/C51H46N3O.Pt/c1-33-20-22-35(23-21-33)36-24-25-52-45(31-36)39-26-38(28-40(29-39)50(2,3)4)43-17-13-18-46-48(43)53-49(44-16-11-12-19-47(44)55)54(46)42-30-37(34-14-9-8-10-15-34)27-41(32-42)51(5,6)7;/h8-25,27-32,55H,1-7H3;/q-1;/i1D3;. The maximum absolute atomic E-state index is 11.3. The van der Waals surface area contributed by atoms with E-state index in [1.807, 2.05) is 48.5 Å². The van der Waals surface area contributed by atoms with Gasteiger partial charge in [0.05, 0.1) is 16.6 Å². The monoisotopic (exact) mass is 914 g/mol. The molecule has 6 aromatic carbocycles. The summed E-state index contributed by atoms with van der Waals surface area (Å²) in [4.78, 5) is 10.2. The Morgan fingerprint density at radius 2 is 1.27 bits per heavy atom. The molecule has 1 N–H and O–H groups in total. The van der Waals surface area contributed by atoms with Crippen molar-refractivity contribution in [1.82, 2.24) is 14.5 Å². The quantitative estimate of drug-likeness (QED) is 0.169. The van der Waals surface area contributed by atoms with Crippen LogP contribution in [0.25, 0.3) is 72.7 Å². The summed E-state index contributed by atoms with van der Waals surface area (Å²) in [6.45, 7) is 11.1. The van der Waals surface area contributed by atoms with Crippen LogP contribution in [0.2, 0.25) is 0 Å². The summed E-state index contributed by atoms with van der Waals surface area (Å²) in [5, 5.41) is 11.3. The van der Waals surface area contributed by atoms with Crippen molar-refractivity contribution in [1.29, 1.82) is 0 Å².